The minimum Gasteiger partial charge on any atom is -0.303 e. The van der Waals surface area contributed by atoms with Crippen LogP contribution in [0.3, 0.4) is 0 Å². The quantitative estimate of drug-likeness (QED) is 0.579. The zero-order valence-corrected chi connectivity index (χ0v) is 14.8. The number of benzene rings is 2. The number of alkyl halides is 3. The van der Waals surface area contributed by atoms with Crippen molar-refractivity contribution in [2.24, 2.45) is 0 Å². The first kappa shape index (κ1) is 18.2. The minimum atomic E-state index is -4.43. The molecule has 0 unspecified atom stereocenters. The molecule has 0 aliphatic carbocycles. The molecule has 8 heteroatoms. The van der Waals surface area contributed by atoms with Gasteiger partial charge in [0.05, 0.1) is 12.1 Å². The first-order valence-electron chi connectivity index (χ1n) is 7.50. The standard InChI is InChI=1S/C18H12BrF3N2O2/c19-14-7-3-12(4-8-14)10-24-16(25)15(23-17(24)26)9-11-1-5-13(6-2-11)18(20,21)22/h1-9H,10H2,(H,23,26)/b15-9-. The van der Waals surface area contributed by atoms with Crippen LogP contribution in [0.5, 0.6) is 0 Å². The Balaban J connectivity index is 1.77. The molecule has 2 aromatic carbocycles. The van der Waals surface area contributed by atoms with Crippen molar-refractivity contribution in [2.45, 2.75) is 12.7 Å². The van der Waals surface area contributed by atoms with Crippen LogP contribution in [0.2, 0.25) is 0 Å². The van der Waals surface area contributed by atoms with E-state index in [9.17, 15) is 22.8 Å². The highest BCUT2D eigenvalue weighted by atomic mass is 79.9. The second-order valence-electron chi connectivity index (χ2n) is 5.63. The molecule has 1 aliphatic rings. The van der Waals surface area contributed by atoms with Crippen LogP contribution in [-0.4, -0.2) is 16.8 Å². The number of imide groups is 1. The number of rotatable bonds is 3. The van der Waals surface area contributed by atoms with Gasteiger partial charge in [0.25, 0.3) is 5.91 Å². The van der Waals surface area contributed by atoms with Crippen molar-refractivity contribution in [3.63, 3.8) is 0 Å². The number of nitrogens with one attached hydrogen (secondary N) is 1. The summed E-state index contributed by atoms with van der Waals surface area (Å²) in [5.41, 5.74) is 0.393. The van der Waals surface area contributed by atoms with Crippen molar-refractivity contribution < 1.29 is 22.8 Å². The fraction of sp³-hybridized carbons (Fsp3) is 0.111. The van der Waals surface area contributed by atoms with Crippen LogP contribution < -0.4 is 5.32 Å². The maximum Gasteiger partial charge on any atom is 0.416 e. The van der Waals surface area contributed by atoms with Gasteiger partial charge in [0.2, 0.25) is 0 Å². The maximum atomic E-state index is 12.6. The van der Waals surface area contributed by atoms with Gasteiger partial charge in [0, 0.05) is 4.47 Å². The molecule has 26 heavy (non-hydrogen) atoms. The van der Waals surface area contributed by atoms with Crippen molar-refractivity contribution in [3.05, 3.63) is 75.4 Å². The van der Waals surface area contributed by atoms with Crippen molar-refractivity contribution in [1.82, 2.24) is 10.2 Å². The molecule has 0 bridgehead atoms. The molecule has 0 spiro atoms. The molecule has 1 heterocycles. The van der Waals surface area contributed by atoms with Gasteiger partial charge < -0.3 is 5.32 Å². The average molecular weight is 425 g/mol. The molecule has 134 valence electrons. The fourth-order valence-corrected chi connectivity index (χ4v) is 2.69. The zero-order chi connectivity index (χ0) is 18.9. The molecule has 0 radical (unpaired) electrons. The molecule has 1 fully saturated rings. The Bertz CT molecular complexity index is 875. The Morgan fingerprint density at radius 1 is 1.00 bits per heavy atom. The summed E-state index contributed by atoms with van der Waals surface area (Å²) in [5, 5.41) is 2.45. The van der Waals surface area contributed by atoms with Crippen LogP contribution >= 0.6 is 15.9 Å². The Hall–Kier alpha value is -2.61. The molecule has 1 aliphatic heterocycles. The van der Waals surface area contributed by atoms with Gasteiger partial charge >= 0.3 is 12.2 Å². The Kier molecular flexibility index (Phi) is 4.86. The Morgan fingerprint density at radius 3 is 2.19 bits per heavy atom. The van der Waals surface area contributed by atoms with E-state index in [4.69, 9.17) is 0 Å². The van der Waals surface area contributed by atoms with E-state index in [1.165, 1.54) is 18.2 Å². The molecule has 0 aromatic heterocycles. The summed E-state index contributed by atoms with van der Waals surface area (Å²) in [4.78, 5) is 25.5. The van der Waals surface area contributed by atoms with E-state index in [0.717, 1.165) is 27.1 Å². The summed E-state index contributed by atoms with van der Waals surface area (Å²) in [7, 11) is 0. The highest BCUT2D eigenvalue weighted by Crippen LogP contribution is 2.29. The molecule has 1 saturated heterocycles. The lowest BCUT2D eigenvalue weighted by atomic mass is 10.1. The average Bonchev–Trinajstić information content (AvgIpc) is 2.84. The Morgan fingerprint density at radius 2 is 1.62 bits per heavy atom. The van der Waals surface area contributed by atoms with Gasteiger partial charge in [0.1, 0.15) is 5.70 Å². The van der Waals surface area contributed by atoms with E-state index >= 15 is 0 Å². The van der Waals surface area contributed by atoms with Crippen molar-refractivity contribution >= 4 is 33.9 Å². The van der Waals surface area contributed by atoms with Gasteiger partial charge in [-0.05, 0) is 41.5 Å². The van der Waals surface area contributed by atoms with Crippen LogP contribution in [0.1, 0.15) is 16.7 Å². The SMILES string of the molecule is O=C1N/C(=C\c2ccc(C(F)(F)F)cc2)C(=O)N1Cc1ccc(Br)cc1. The first-order chi connectivity index (χ1) is 12.2. The van der Waals surface area contributed by atoms with E-state index in [2.05, 4.69) is 21.2 Å². The molecule has 3 amide bonds. The predicted octanol–water partition coefficient (Wildman–Crippen LogP) is 4.56. The van der Waals surface area contributed by atoms with Crippen LogP contribution in [-0.2, 0) is 17.5 Å². The predicted molar refractivity (Wildman–Crippen MR) is 92.6 cm³/mol. The van der Waals surface area contributed by atoms with Crippen molar-refractivity contribution in [2.75, 3.05) is 0 Å². The summed E-state index contributed by atoms with van der Waals surface area (Å²) < 4.78 is 38.6. The van der Waals surface area contributed by atoms with Crippen LogP contribution in [0.25, 0.3) is 6.08 Å². The normalized spacial score (nSPS) is 16.3. The molecule has 0 atom stereocenters. The highest BCUT2D eigenvalue weighted by Gasteiger charge is 2.33. The monoisotopic (exact) mass is 424 g/mol. The van der Waals surface area contributed by atoms with Gasteiger partial charge in [-0.1, -0.05) is 40.2 Å². The van der Waals surface area contributed by atoms with Crippen LogP contribution in [0, 0.1) is 0 Å². The number of carbonyl (C=O) groups excluding carboxylic acids is 2. The van der Waals surface area contributed by atoms with Gasteiger partial charge in [-0.15, -0.1) is 0 Å². The largest absolute Gasteiger partial charge is 0.416 e. The molecular weight excluding hydrogens is 413 g/mol. The van der Waals surface area contributed by atoms with E-state index in [0.29, 0.717) is 5.56 Å². The molecular formula is C18H12BrF3N2O2. The smallest absolute Gasteiger partial charge is 0.303 e. The van der Waals surface area contributed by atoms with Gasteiger partial charge in [0.15, 0.2) is 0 Å². The topological polar surface area (TPSA) is 49.4 Å². The number of carbonyl (C=O) groups is 2. The summed E-state index contributed by atoms with van der Waals surface area (Å²) in [6, 6.07) is 10.9. The molecule has 0 saturated carbocycles. The molecule has 1 N–H and O–H groups in total. The zero-order valence-electron chi connectivity index (χ0n) is 13.2. The molecule has 2 aromatic rings. The lowest BCUT2D eigenvalue weighted by Gasteiger charge is -2.11. The number of hydrogen-bond donors (Lipinski definition) is 1. The van der Waals surface area contributed by atoms with E-state index < -0.39 is 23.7 Å². The van der Waals surface area contributed by atoms with Gasteiger partial charge in [-0.2, -0.15) is 13.2 Å². The lowest BCUT2D eigenvalue weighted by Crippen LogP contribution is -2.30. The van der Waals surface area contributed by atoms with E-state index in [-0.39, 0.29) is 12.2 Å². The molecule has 4 nitrogen and oxygen atoms in total. The van der Waals surface area contributed by atoms with Crippen molar-refractivity contribution in [1.29, 1.82) is 0 Å². The second-order valence-corrected chi connectivity index (χ2v) is 6.54. The fourth-order valence-electron chi connectivity index (χ4n) is 2.42. The number of urea groups is 1. The van der Waals surface area contributed by atoms with Gasteiger partial charge in [-0.3, -0.25) is 9.69 Å². The van der Waals surface area contributed by atoms with Gasteiger partial charge in [-0.25, -0.2) is 4.79 Å². The number of amides is 3. The van der Waals surface area contributed by atoms with Crippen molar-refractivity contribution in [3.8, 4) is 0 Å². The third-order valence-corrected chi connectivity index (χ3v) is 4.29. The summed E-state index contributed by atoms with van der Waals surface area (Å²) >= 11 is 3.31. The number of nitrogens with zero attached hydrogens (tertiary/aromatic N) is 1. The number of halogens is 4. The van der Waals surface area contributed by atoms with E-state index in [1.54, 1.807) is 24.3 Å². The highest BCUT2D eigenvalue weighted by molar-refractivity contribution is 9.10. The first-order valence-corrected chi connectivity index (χ1v) is 8.29. The molecule has 3 rings (SSSR count). The van der Waals surface area contributed by atoms with Crippen LogP contribution in [0.4, 0.5) is 18.0 Å². The summed E-state index contributed by atoms with van der Waals surface area (Å²) in [5.74, 6) is -0.530. The third kappa shape index (κ3) is 3.96. The second kappa shape index (κ2) is 6.95. The van der Waals surface area contributed by atoms with E-state index in [1.807, 2.05) is 0 Å². The summed E-state index contributed by atoms with van der Waals surface area (Å²) in [6.45, 7) is 0.0995. The summed E-state index contributed by atoms with van der Waals surface area (Å²) in [6.07, 6.45) is -3.08. The lowest BCUT2D eigenvalue weighted by molar-refractivity contribution is -0.137. The Labute approximate surface area is 155 Å². The van der Waals surface area contributed by atoms with Crippen LogP contribution in [0.15, 0.2) is 58.7 Å². The maximum absolute atomic E-state index is 12.6. The number of hydrogen-bond acceptors (Lipinski definition) is 2. The third-order valence-electron chi connectivity index (χ3n) is 3.77. The minimum absolute atomic E-state index is 0.0203.